The van der Waals surface area contributed by atoms with Gasteiger partial charge in [0.05, 0.1) is 18.8 Å². The molecule has 0 N–H and O–H groups in total. The fourth-order valence-corrected chi connectivity index (χ4v) is 2.90. The molecular weight excluding hydrogens is 318 g/mol. The maximum absolute atomic E-state index is 7.10. The molecule has 0 bridgehead atoms. The van der Waals surface area contributed by atoms with Crippen molar-refractivity contribution in [2.45, 2.75) is 27.3 Å². The van der Waals surface area contributed by atoms with Gasteiger partial charge < -0.3 is 0 Å². The van der Waals surface area contributed by atoms with Gasteiger partial charge in [-0.2, -0.15) is 5.10 Å². The van der Waals surface area contributed by atoms with Crippen LogP contribution in [0.3, 0.4) is 0 Å². The maximum Gasteiger partial charge on any atom is 0.205 e. The van der Waals surface area contributed by atoms with Crippen molar-refractivity contribution in [2.75, 3.05) is 0 Å². The van der Waals surface area contributed by atoms with E-state index < -0.39 is 0 Å². The Morgan fingerprint density at radius 2 is 1.79 bits per heavy atom. The molecule has 0 saturated carbocycles. The first-order chi connectivity index (χ1) is 11.5. The van der Waals surface area contributed by atoms with E-state index in [1.165, 1.54) is 11.1 Å². The van der Waals surface area contributed by atoms with E-state index in [1.54, 1.807) is 6.07 Å². The molecule has 0 aliphatic rings. The van der Waals surface area contributed by atoms with Gasteiger partial charge in [-0.1, -0.05) is 53.6 Å². The number of nitrogens with zero attached hydrogens (tertiary/aromatic N) is 3. The lowest BCUT2D eigenvalue weighted by molar-refractivity contribution is 0.666. The molecule has 3 aromatic rings. The predicted molar refractivity (Wildman–Crippen MR) is 98.7 cm³/mol. The highest BCUT2D eigenvalue weighted by molar-refractivity contribution is 6.33. The molecule has 4 heteroatoms. The van der Waals surface area contributed by atoms with Crippen LogP contribution in [0, 0.1) is 27.3 Å². The minimum Gasteiger partial charge on any atom is -0.265 e. The van der Waals surface area contributed by atoms with E-state index in [1.807, 2.05) is 16.8 Å². The Kier molecular flexibility index (Phi) is 4.42. The summed E-state index contributed by atoms with van der Waals surface area (Å²) in [5.41, 5.74) is 7.06. The van der Waals surface area contributed by atoms with Crippen LogP contribution in [-0.4, -0.2) is 9.78 Å². The van der Waals surface area contributed by atoms with Gasteiger partial charge in [0.25, 0.3) is 0 Å². The summed E-state index contributed by atoms with van der Waals surface area (Å²) in [6.07, 6.45) is 0. The Bertz CT molecular complexity index is 931. The van der Waals surface area contributed by atoms with Gasteiger partial charge in [0.1, 0.15) is 0 Å². The number of hydrogen-bond donors (Lipinski definition) is 0. The van der Waals surface area contributed by atoms with Crippen LogP contribution in [0.5, 0.6) is 0 Å². The minimum atomic E-state index is 0.465. The van der Waals surface area contributed by atoms with Crippen molar-refractivity contribution in [1.82, 2.24) is 9.78 Å². The highest BCUT2D eigenvalue weighted by Crippen LogP contribution is 2.32. The zero-order chi connectivity index (χ0) is 17.3. The van der Waals surface area contributed by atoms with Crippen molar-refractivity contribution >= 4 is 17.3 Å². The molecular formula is C20H18ClN3. The van der Waals surface area contributed by atoms with E-state index in [4.69, 9.17) is 23.3 Å². The van der Waals surface area contributed by atoms with E-state index >= 15 is 0 Å². The molecule has 3 nitrogen and oxygen atoms in total. The van der Waals surface area contributed by atoms with Gasteiger partial charge in [-0.25, -0.2) is 4.85 Å². The summed E-state index contributed by atoms with van der Waals surface area (Å²) in [7, 11) is 0. The van der Waals surface area contributed by atoms with Gasteiger partial charge in [0, 0.05) is 16.3 Å². The first kappa shape index (κ1) is 16.3. The van der Waals surface area contributed by atoms with Crippen LogP contribution in [-0.2, 0) is 6.54 Å². The molecule has 0 atom stereocenters. The van der Waals surface area contributed by atoms with Crippen LogP contribution >= 0.6 is 11.6 Å². The number of aryl methyl sites for hydroxylation is 1. The van der Waals surface area contributed by atoms with E-state index in [2.05, 4.69) is 49.9 Å². The monoisotopic (exact) mass is 335 g/mol. The van der Waals surface area contributed by atoms with Crippen molar-refractivity contribution in [3.05, 3.63) is 81.3 Å². The van der Waals surface area contributed by atoms with Crippen LogP contribution in [0.4, 0.5) is 5.69 Å². The fourth-order valence-electron chi connectivity index (χ4n) is 2.68. The zero-order valence-corrected chi connectivity index (χ0v) is 14.7. The van der Waals surface area contributed by atoms with Gasteiger partial charge in [-0.05, 0) is 38.0 Å². The van der Waals surface area contributed by atoms with Gasteiger partial charge in [0.2, 0.25) is 5.69 Å². The average molecular weight is 336 g/mol. The molecule has 1 heterocycles. The van der Waals surface area contributed by atoms with Gasteiger partial charge in [-0.3, -0.25) is 4.68 Å². The van der Waals surface area contributed by atoms with Crippen LogP contribution < -0.4 is 0 Å². The predicted octanol–water partition coefficient (Wildman–Crippen LogP) is 5.73. The lowest BCUT2D eigenvalue weighted by Crippen LogP contribution is -2.04. The number of rotatable bonds is 3. The quantitative estimate of drug-likeness (QED) is 0.560. The smallest absolute Gasteiger partial charge is 0.205 e. The molecule has 0 saturated heterocycles. The summed E-state index contributed by atoms with van der Waals surface area (Å²) in [5, 5.41) is 5.24. The minimum absolute atomic E-state index is 0.465. The van der Waals surface area contributed by atoms with Gasteiger partial charge in [-0.15, -0.1) is 0 Å². The van der Waals surface area contributed by atoms with E-state index in [-0.39, 0.29) is 0 Å². The zero-order valence-electron chi connectivity index (χ0n) is 14.0. The molecule has 120 valence electrons. The van der Waals surface area contributed by atoms with Gasteiger partial charge in [0.15, 0.2) is 0 Å². The summed E-state index contributed by atoms with van der Waals surface area (Å²) in [6, 6.07) is 14.0. The first-order valence-corrected chi connectivity index (χ1v) is 8.14. The van der Waals surface area contributed by atoms with Crippen molar-refractivity contribution in [1.29, 1.82) is 0 Å². The largest absolute Gasteiger partial charge is 0.265 e. The normalized spacial score (nSPS) is 10.6. The van der Waals surface area contributed by atoms with Gasteiger partial charge >= 0.3 is 0 Å². The molecule has 0 unspecified atom stereocenters. The van der Waals surface area contributed by atoms with Crippen molar-refractivity contribution < 1.29 is 0 Å². The number of aromatic nitrogens is 2. The third kappa shape index (κ3) is 3.06. The van der Waals surface area contributed by atoms with Crippen LogP contribution in [0.15, 0.2) is 42.5 Å². The second kappa shape index (κ2) is 6.51. The maximum atomic E-state index is 7.10. The third-order valence-corrected chi connectivity index (χ3v) is 4.60. The first-order valence-electron chi connectivity index (χ1n) is 7.76. The third-order valence-electron chi connectivity index (χ3n) is 4.30. The van der Waals surface area contributed by atoms with Crippen molar-refractivity contribution in [3.63, 3.8) is 0 Å². The number of benzene rings is 2. The molecule has 2 aromatic carbocycles. The molecule has 24 heavy (non-hydrogen) atoms. The SMILES string of the molecule is [C-]#[N+]c1ccc(-c2nn(Cc3ccc(C)cc3)c(C)c2C)cc1Cl. The summed E-state index contributed by atoms with van der Waals surface area (Å²) in [4.78, 5) is 3.41. The van der Waals surface area contributed by atoms with Crippen LogP contribution in [0.1, 0.15) is 22.4 Å². The molecule has 0 fully saturated rings. The molecule has 0 radical (unpaired) electrons. The van der Waals surface area contributed by atoms with E-state index in [0.717, 1.165) is 29.1 Å². The summed E-state index contributed by atoms with van der Waals surface area (Å²) < 4.78 is 2.02. The lowest BCUT2D eigenvalue weighted by Gasteiger charge is -2.05. The second-order valence-electron chi connectivity index (χ2n) is 5.98. The Hall–Kier alpha value is -2.57. The molecule has 0 aliphatic heterocycles. The summed E-state index contributed by atoms with van der Waals surface area (Å²) >= 11 is 6.17. The highest BCUT2D eigenvalue weighted by Gasteiger charge is 2.14. The Morgan fingerprint density at radius 1 is 1.08 bits per heavy atom. The topological polar surface area (TPSA) is 22.2 Å². The molecule has 0 spiro atoms. The molecule has 0 amide bonds. The number of halogens is 1. The standard InChI is InChI=1S/C20H18ClN3/c1-13-5-7-16(8-6-13)12-24-15(3)14(2)20(23-24)17-9-10-19(22-4)18(21)11-17/h5-11H,12H2,1-3H3. The molecule has 0 aliphatic carbocycles. The Morgan fingerprint density at radius 3 is 2.42 bits per heavy atom. The Labute approximate surface area is 147 Å². The van der Waals surface area contributed by atoms with E-state index in [9.17, 15) is 0 Å². The van der Waals surface area contributed by atoms with Crippen LogP contribution in [0.25, 0.3) is 16.1 Å². The molecule has 1 aromatic heterocycles. The second-order valence-corrected chi connectivity index (χ2v) is 6.39. The lowest BCUT2D eigenvalue weighted by atomic mass is 10.1. The summed E-state index contributed by atoms with van der Waals surface area (Å²) in [6.45, 7) is 14.1. The number of hydrogen-bond acceptors (Lipinski definition) is 1. The Balaban J connectivity index is 1.98. The van der Waals surface area contributed by atoms with Crippen LogP contribution in [0.2, 0.25) is 5.02 Å². The highest BCUT2D eigenvalue weighted by atomic mass is 35.5. The van der Waals surface area contributed by atoms with Crippen molar-refractivity contribution in [3.8, 4) is 11.3 Å². The molecule has 3 rings (SSSR count). The average Bonchev–Trinajstić information content (AvgIpc) is 2.85. The fraction of sp³-hybridized carbons (Fsp3) is 0.200. The summed E-state index contributed by atoms with van der Waals surface area (Å²) in [5.74, 6) is 0. The van der Waals surface area contributed by atoms with E-state index in [0.29, 0.717) is 10.7 Å². The van der Waals surface area contributed by atoms with Crippen molar-refractivity contribution in [2.24, 2.45) is 0 Å².